The molecule has 2 aliphatic rings. The number of nitrogens with zero attached hydrogens (tertiary/aromatic N) is 1. The maximum atomic E-state index is 13.0. The Morgan fingerprint density at radius 3 is 2.12 bits per heavy atom. The molecule has 1 unspecified atom stereocenters. The summed E-state index contributed by atoms with van der Waals surface area (Å²) in [4.78, 5) is 63.9. The van der Waals surface area contributed by atoms with Crippen molar-refractivity contribution in [3.63, 3.8) is 0 Å². The summed E-state index contributed by atoms with van der Waals surface area (Å²) in [5.74, 6) is -2.91. The lowest BCUT2D eigenvalue weighted by Gasteiger charge is -2.24. The van der Waals surface area contributed by atoms with Gasteiger partial charge in [-0.1, -0.05) is 55.3 Å². The summed E-state index contributed by atoms with van der Waals surface area (Å²) in [6.07, 6.45) is 3.79. The van der Waals surface area contributed by atoms with Crippen LogP contribution < -0.4 is 10.6 Å². The number of urea groups is 1. The first kappa shape index (κ1) is 23.2. The standard InChI is InChI=1S/C25H25N3O6/c29-21(27-25(33)26-17-10-4-5-11-17)15-34-24(32)20(14-16-8-2-1-3-9-16)28-22(30)18-12-6-7-13-19(18)23(28)31/h1-3,6-9,12-13,17,20H,4-5,10-11,14-15H2,(H2,26,27,29,33). The maximum Gasteiger partial charge on any atom is 0.330 e. The second-order valence-corrected chi connectivity index (χ2v) is 8.34. The molecule has 1 heterocycles. The van der Waals surface area contributed by atoms with Gasteiger partial charge in [0, 0.05) is 12.5 Å². The average Bonchev–Trinajstić information content (AvgIpc) is 3.43. The highest BCUT2D eigenvalue weighted by atomic mass is 16.5. The van der Waals surface area contributed by atoms with Gasteiger partial charge in [0.15, 0.2) is 6.61 Å². The quantitative estimate of drug-likeness (QED) is 0.480. The molecular weight excluding hydrogens is 438 g/mol. The van der Waals surface area contributed by atoms with Gasteiger partial charge < -0.3 is 10.1 Å². The fraction of sp³-hybridized carbons (Fsp3) is 0.320. The van der Waals surface area contributed by atoms with Crippen molar-refractivity contribution in [1.82, 2.24) is 15.5 Å². The number of hydrogen-bond donors (Lipinski definition) is 2. The Labute approximate surface area is 196 Å². The van der Waals surface area contributed by atoms with E-state index in [2.05, 4.69) is 10.6 Å². The van der Waals surface area contributed by atoms with E-state index in [1.807, 2.05) is 0 Å². The van der Waals surface area contributed by atoms with E-state index in [-0.39, 0.29) is 23.6 Å². The molecular formula is C25H25N3O6. The fourth-order valence-corrected chi connectivity index (χ4v) is 4.30. The molecule has 1 atom stereocenters. The Morgan fingerprint density at radius 1 is 0.912 bits per heavy atom. The van der Waals surface area contributed by atoms with Crippen LogP contribution in [-0.2, 0) is 20.7 Å². The van der Waals surface area contributed by atoms with Crippen molar-refractivity contribution < 1.29 is 28.7 Å². The molecule has 1 fully saturated rings. The molecule has 9 nitrogen and oxygen atoms in total. The molecule has 9 heteroatoms. The molecule has 0 saturated heterocycles. The lowest BCUT2D eigenvalue weighted by Crippen LogP contribution is -2.48. The van der Waals surface area contributed by atoms with Crippen LogP contribution in [0, 0.1) is 0 Å². The minimum Gasteiger partial charge on any atom is -0.454 e. The number of benzene rings is 2. The maximum absolute atomic E-state index is 13.0. The minimum atomic E-state index is -1.27. The lowest BCUT2D eigenvalue weighted by atomic mass is 10.0. The highest BCUT2D eigenvalue weighted by molar-refractivity contribution is 6.22. The molecule has 2 aromatic carbocycles. The van der Waals surface area contributed by atoms with E-state index >= 15 is 0 Å². The number of ether oxygens (including phenoxy) is 1. The van der Waals surface area contributed by atoms with Gasteiger partial charge in [-0.3, -0.25) is 24.6 Å². The molecule has 34 heavy (non-hydrogen) atoms. The number of imide groups is 2. The SMILES string of the molecule is O=C(COC(=O)C(Cc1ccccc1)N1C(=O)c2ccccc2C1=O)NC(=O)NC1CCCC1. The van der Waals surface area contributed by atoms with Crippen molar-refractivity contribution in [3.8, 4) is 0 Å². The predicted octanol–water partition coefficient (Wildman–Crippen LogP) is 2.21. The van der Waals surface area contributed by atoms with Gasteiger partial charge in [0.2, 0.25) is 0 Å². The van der Waals surface area contributed by atoms with E-state index in [1.165, 1.54) is 12.1 Å². The zero-order valence-electron chi connectivity index (χ0n) is 18.5. The number of nitrogens with one attached hydrogen (secondary N) is 2. The van der Waals surface area contributed by atoms with Crippen LogP contribution in [0.3, 0.4) is 0 Å². The van der Waals surface area contributed by atoms with Crippen LogP contribution in [0.1, 0.15) is 52.0 Å². The monoisotopic (exact) mass is 463 g/mol. The van der Waals surface area contributed by atoms with Gasteiger partial charge in [-0.15, -0.1) is 0 Å². The first-order chi connectivity index (χ1) is 16.4. The van der Waals surface area contributed by atoms with Crippen molar-refractivity contribution in [2.75, 3.05) is 6.61 Å². The Bertz CT molecular complexity index is 1080. The van der Waals surface area contributed by atoms with Gasteiger partial charge in [0.05, 0.1) is 11.1 Å². The van der Waals surface area contributed by atoms with Crippen molar-refractivity contribution in [2.24, 2.45) is 0 Å². The van der Waals surface area contributed by atoms with Crippen LogP contribution >= 0.6 is 0 Å². The molecule has 2 aromatic rings. The third-order valence-corrected chi connectivity index (χ3v) is 5.97. The predicted molar refractivity (Wildman–Crippen MR) is 121 cm³/mol. The third kappa shape index (κ3) is 5.14. The zero-order chi connectivity index (χ0) is 24.1. The molecule has 4 rings (SSSR count). The van der Waals surface area contributed by atoms with Crippen LogP contribution in [0.2, 0.25) is 0 Å². The zero-order valence-corrected chi connectivity index (χ0v) is 18.5. The minimum absolute atomic E-state index is 0.0227. The number of carbonyl (C=O) groups excluding carboxylic acids is 5. The smallest absolute Gasteiger partial charge is 0.330 e. The number of esters is 1. The Kier molecular flexibility index (Phi) is 7.01. The Balaban J connectivity index is 1.43. The molecule has 1 saturated carbocycles. The van der Waals surface area contributed by atoms with Gasteiger partial charge in [0.25, 0.3) is 17.7 Å². The summed E-state index contributed by atoms with van der Waals surface area (Å²) in [5, 5.41) is 4.85. The number of fused-ring (bicyclic) bond motifs is 1. The number of hydrogen-bond acceptors (Lipinski definition) is 6. The summed E-state index contributed by atoms with van der Waals surface area (Å²) < 4.78 is 5.14. The van der Waals surface area contributed by atoms with E-state index in [0.717, 1.165) is 30.6 Å². The van der Waals surface area contributed by atoms with Gasteiger partial charge in [-0.05, 0) is 30.5 Å². The molecule has 5 amide bonds. The molecule has 1 aliphatic carbocycles. The molecule has 0 aromatic heterocycles. The van der Waals surface area contributed by atoms with Crippen LogP contribution in [0.25, 0.3) is 0 Å². The molecule has 176 valence electrons. The number of rotatable bonds is 7. The average molecular weight is 463 g/mol. The highest BCUT2D eigenvalue weighted by Gasteiger charge is 2.43. The summed E-state index contributed by atoms with van der Waals surface area (Å²) in [6, 6.07) is 13.3. The van der Waals surface area contributed by atoms with E-state index in [4.69, 9.17) is 4.74 Å². The molecule has 1 aliphatic heterocycles. The number of carbonyl (C=O) groups is 5. The summed E-state index contributed by atoms with van der Waals surface area (Å²) in [5.41, 5.74) is 1.13. The van der Waals surface area contributed by atoms with Crippen LogP contribution in [0.15, 0.2) is 54.6 Å². The summed E-state index contributed by atoms with van der Waals surface area (Å²) in [6.45, 7) is -0.717. The van der Waals surface area contributed by atoms with E-state index in [9.17, 15) is 24.0 Å². The Hall–Kier alpha value is -4.01. The fourth-order valence-electron chi connectivity index (χ4n) is 4.30. The molecule has 0 spiro atoms. The van der Waals surface area contributed by atoms with Crippen molar-refractivity contribution >= 4 is 29.7 Å². The molecule has 0 bridgehead atoms. The lowest BCUT2D eigenvalue weighted by molar-refractivity contribution is -0.152. The van der Waals surface area contributed by atoms with Gasteiger partial charge in [0.1, 0.15) is 6.04 Å². The van der Waals surface area contributed by atoms with Crippen molar-refractivity contribution in [2.45, 2.75) is 44.2 Å². The molecule has 2 N–H and O–H groups in total. The van der Waals surface area contributed by atoms with Crippen molar-refractivity contribution in [3.05, 3.63) is 71.3 Å². The van der Waals surface area contributed by atoms with Crippen LogP contribution in [0.4, 0.5) is 4.79 Å². The first-order valence-corrected chi connectivity index (χ1v) is 11.2. The van der Waals surface area contributed by atoms with E-state index in [0.29, 0.717) is 5.56 Å². The van der Waals surface area contributed by atoms with Crippen LogP contribution in [0.5, 0.6) is 0 Å². The highest BCUT2D eigenvalue weighted by Crippen LogP contribution is 2.26. The van der Waals surface area contributed by atoms with E-state index in [1.54, 1.807) is 42.5 Å². The van der Waals surface area contributed by atoms with Gasteiger partial charge >= 0.3 is 12.0 Å². The van der Waals surface area contributed by atoms with Gasteiger partial charge in [-0.25, -0.2) is 9.59 Å². The summed E-state index contributed by atoms with van der Waals surface area (Å²) in [7, 11) is 0. The van der Waals surface area contributed by atoms with Gasteiger partial charge in [-0.2, -0.15) is 0 Å². The van der Waals surface area contributed by atoms with Crippen molar-refractivity contribution in [1.29, 1.82) is 0 Å². The Morgan fingerprint density at radius 2 is 1.50 bits per heavy atom. The first-order valence-electron chi connectivity index (χ1n) is 11.2. The normalized spacial score (nSPS) is 16.2. The topological polar surface area (TPSA) is 122 Å². The third-order valence-electron chi connectivity index (χ3n) is 5.97. The second-order valence-electron chi connectivity index (χ2n) is 8.34. The summed E-state index contributed by atoms with van der Waals surface area (Å²) >= 11 is 0. The van der Waals surface area contributed by atoms with Crippen LogP contribution in [-0.4, -0.2) is 53.3 Å². The largest absolute Gasteiger partial charge is 0.454 e. The number of amides is 5. The van der Waals surface area contributed by atoms with E-state index < -0.39 is 42.4 Å². The molecule has 0 radical (unpaired) electrons. The second kappa shape index (κ2) is 10.3.